The average molecular weight is 297 g/mol. The molecule has 22 heavy (non-hydrogen) atoms. The number of carbonyl (C=O) groups is 1. The van der Waals surface area contributed by atoms with Gasteiger partial charge < -0.3 is 0 Å². The first-order valence-electron chi connectivity index (χ1n) is 7.73. The molecule has 1 rings (SSSR count). The molecule has 1 aromatic carbocycles. The van der Waals surface area contributed by atoms with E-state index in [0.717, 1.165) is 6.42 Å². The molecule has 1 unspecified atom stereocenters. The van der Waals surface area contributed by atoms with Gasteiger partial charge in [0, 0.05) is 5.57 Å². The number of carbonyl (C=O) groups excluding carboxylic acids is 1. The van der Waals surface area contributed by atoms with Gasteiger partial charge in [-0.05, 0) is 39.4 Å². The van der Waals surface area contributed by atoms with Crippen LogP contribution in [0.15, 0.2) is 66.8 Å². The molecule has 0 amide bonds. The molecule has 1 aromatic rings. The van der Waals surface area contributed by atoms with Crippen molar-refractivity contribution in [2.75, 3.05) is 14.1 Å². The molecule has 0 aliphatic heterocycles. The summed E-state index contributed by atoms with van der Waals surface area (Å²) in [6, 6.07) is 10.2. The summed E-state index contributed by atoms with van der Waals surface area (Å²) in [4.78, 5) is 15.3. The molecule has 0 saturated heterocycles. The van der Waals surface area contributed by atoms with E-state index in [1.165, 1.54) is 5.56 Å². The zero-order valence-corrected chi connectivity index (χ0v) is 14.2. The fraction of sp³-hybridized carbons (Fsp3) is 0.350. The minimum Gasteiger partial charge on any atom is -0.297 e. The van der Waals surface area contributed by atoms with Crippen LogP contribution in [0.25, 0.3) is 0 Å². The maximum atomic E-state index is 13.2. The molecule has 0 heterocycles. The third-order valence-electron chi connectivity index (χ3n) is 4.11. The zero-order chi connectivity index (χ0) is 16.6. The molecule has 0 saturated carbocycles. The fourth-order valence-corrected chi connectivity index (χ4v) is 2.76. The smallest absolute Gasteiger partial charge is 0.183 e. The van der Waals surface area contributed by atoms with Gasteiger partial charge in [0.2, 0.25) is 0 Å². The van der Waals surface area contributed by atoms with Crippen molar-refractivity contribution in [3.8, 4) is 0 Å². The second-order valence-electron chi connectivity index (χ2n) is 5.63. The molecule has 0 aromatic heterocycles. The molecule has 1 atom stereocenters. The summed E-state index contributed by atoms with van der Waals surface area (Å²) in [7, 11) is 3.96. The molecule has 0 radical (unpaired) electrons. The summed E-state index contributed by atoms with van der Waals surface area (Å²) in [5.41, 5.74) is 1.32. The van der Waals surface area contributed by atoms with E-state index in [0.29, 0.717) is 12.0 Å². The van der Waals surface area contributed by atoms with Gasteiger partial charge in [-0.15, -0.1) is 0 Å². The van der Waals surface area contributed by atoms with Crippen molar-refractivity contribution in [3.05, 3.63) is 72.4 Å². The Kier molecular flexibility index (Phi) is 7.00. The first-order valence-corrected chi connectivity index (χ1v) is 7.73. The fourth-order valence-electron chi connectivity index (χ4n) is 2.76. The number of benzene rings is 1. The summed E-state index contributed by atoms with van der Waals surface area (Å²) in [5, 5.41) is 0. The van der Waals surface area contributed by atoms with Gasteiger partial charge in [0.1, 0.15) is 0 Å². The van der Waals surface area contributed by atoms with E-state index >= 15 is 0 Å². The Bertz CT molecular complexity index is 554. The number of rotatable bonds is 8. The molecular weight excluding hydrogens is 270 g/mol. The van der Waals surface area contributed by atoms with Crippen LogP contribution in [0, 0.1) is 0 Å². The first-order chi connectivity index (χ1) is 10.5. The van der Waals surface area contributed by atoms with Crippen LogP contribution in [0.5, 0.6) is 0 Å². The minimum absolute atomic E-state index is 0.141. The lowest BCUT2D eigenvalue weighted by Gasteiger charge is -2.38. The third kappa shape index (κ3) is 4.05. The van der Waals surface area contributed by atoms with Crippen molar-refractivity contribution >= 4 is 5.78 Å². The van der Waals surface area contributed by atoms with E-state index in [-0.39, 0.29) is 5.78 Å². The number of nitrogens with zero attached hydrogens (tertiary/aromatic N) is 1. The lowest BCUT2D eigenvalue weighted by atomic mass is 9.79. The number of hydrogen-bond donors (Lipinski definition) is 0. The van der Waals surface area contributed by atoms with Crippen LogP contribution in [0.3, 0.4) is 0 Å². The highest BCUT2D eigenvalue weighted by atomic mass is 16.1. The molecule has 0 fully saturated rings. The Hall–Kier alpha value is -1.93. The molecule has 2 heteroatoms. The lowest BCUT2D eigenvalue weighted by Crippen LogP contribution is -2.53. The summed E-state index contributed by atoms with van der Waals surface area (Å²) >= 11 is 0. The van der Waals surface area contributed by atoms with E-state index in [4.69, 9.17) is 0 Å². The van der Waals surface area contributed by atoms with Crippen LogP contribution in [0.4, 0.5) is 0 Å². The third-order valence-corrected chi connectivity index (χ3v) is 4.11. The van der Waals surface area contributed by atoms with Gasteiger partial charge in [-0.1, -0.05) is 68.1 Å². The summed E-state index contributed by atoms with van der Waals surface area (Å²) in [6.07, 6.45) is 8.67. The number of ketones is 1. The normalized spacial score (nSPS) is 15.0. The maximum Gasteiger partial charge on any atom is 0.183 e. The molecule has 0 aliphatic carbocycles. The topological polar surface area (TPSA) is 20.3 Å². The number of allylic oxidation sites excluding steroid dienone is 4. The van der Waals surface area contributed by atoms with Gasteiger partial charge in [0.25, 0.3) is 0 Å². The predicted molar refractivity (Wildman–Crippen MR) is 95.0 cm³/mol. The Morgan fingerprint density at radius 2 is 1.91 bits per heavy atom. The number of hydrogen-bond acceptors (Lipinski definition) is 2. The Morgan fingerprint density at radius 3 is 2.36 bits per heavy atom. The van der Waals surface area contributed by atoms with Crippen LogP contribution >= 0.6 is 0 Å². The van der Waals surface area contributed by atoms with Gasteiger partial charge in [0.05, 0.1) is 5.54 Å². The van der Waals surface area contributed by atoms with E-state index in [1.54, 1.807) is 12.2 Å². The Balaban J connectivity index is 3.29. The monoisotopic (exact) mass is 297 g/mol. The predicted octanol–water partition coefficient (Wildman–Crippen LogP) is 4.20. The van der Waals surface area contributed by atoms with Gasteiger partial charge in [-0.2, -0.15) is 0 Å². The molecule has 118 valence electrons. The van der Waals surface area contributed by atoms with Gasteiger partial charge in [-0.3, -0.25) is 9.69 Å². The summed E-state index contributed by atoms with van der Waals surface area (Å²) in [5.74, 6) is 0.141. The highest BCUT2D eigenvalue weighted by molar-refractivity contribution is 6.05. The van der Waals surface area contributed by atoms with Crippen molar-refractivity contribution in [3.63, 3.8) is 0 Å². The second kappa shape index (κ2) is 8.50. The number of likely N-dealkylation sites (N-methyl/N-ethyl adjacent to an activating group) is 1. The first kappa shape index (κ1) is 18.1. The van der Waals surface area contributed by atoms with Crippen LogP contribution in [-0.2, 0) is 11.2 Å². The molecule has 0 aliphatic rings. The van der Waals surface area contributed by atoms with Gasteiger partial charge in [-0.25, -0.2) is 0 Å². The maximum absolute atomic E-state index is 13.2. The summed E-state index contributed by atoms with van der Waals surface area (Å²) < 4.78 is 0. The lowest BCUT2D eigenvalue weighted by molar-refractivity contribution is -0.125. The Labute approximate surface area is 134 Å². The number of Topliss-reactive ketones (excluding diaryl/α,β-unsaturated/α-hetero) is 1. The molecule has 0 spiro atoms. The largest absolute Gasteiger partial charge is 0.297 e. The quantitative estimate of drug-likeness (QED) is 0.529. The van der Waals surface area contributed by atoms with E-state index in [1.807, 2.05) is 56.3 Å². The van der Waals surface area contributed by atoms with E-state index in [2.05, 4.69) is 25.6 Å². The molecule has 2 nitrogen and oxygen atoms in total. The van der Waals surface area contributed by atoms with Gasteiger partial charge in [0.15, 0.2) is 5.78 Å². The van der Waals surface area contributed by atoms with Crippen LogP contribution in [-0.4, -0.2) is 30.3 Å². The van der Waals surface area contributed by atoms with Crippen molar-refractivity contribution in [1.82, 2.24) is 4.90 Å². The molecular formula is C20H27NO. The van der Waals surface area contributed by atoms with Crippen molar-refractivity contribution in [2.24, 2.45) is 0 Å². The van der Waals surface area contributed by atoms with Crippen LogP contribution < -0.4 is 0 Å². The van der Waals surface area contributed by atoms with Crippen molar-refractivity contribution in [2.45, 2.75) is 32.2 Å². The minimum atomic E-state index is -0.546. The van der Waals surface area contributed by atoms with Crippen molar-refractivity contribution in [1.29, 1.82) is 0 Å². The second-order valence-corrected chi connectivity index (χ2v) is 5.63. The van der Waals surface area contributed by atoms with E-state index in [9.17, 15) is 4.79 Å². The molecule has 0 bridgehead atoms. The van der Waals surface area contributed by atoms with Crippen LogP contribution in [0.2, 0.25) is 0 Å². The SMILES string of the molecule is C=C/C=C(\C=C/C)C(=O)C(CC)(Cc1ccccc1)N(C)C. The Morgan fingerprint density at radius 1 is 1.27 bits per heavy atom. The highest BCUT2D eigenvalue weighted by Crippen LogP contribution is 2.27. The van der Waals surface area contributed by atoms with E-state index < -0.39 is 5.54 Å². The average Bonchev–Trinajstić information content (AvgIpc) is 2.52. The summed E-state index contributed by atoms with van der Waals surface area (Å²) in [6.45, 7) is 7.72. The van der Waals surface area contributed by atoms with Crippen LogP contribution in [0.1, 0.15) is 25.8 Å². The molecule has 0 N–H and O–H groups in total. The highest BCUT2D eigenvalue weighted by Gasteiger charge is 2.39. The van der Waals surface area contributed by atoms with Gasteiger partial charge >= 0.3 is 0 Å². The zero-order valence-electron chi connectivity index (χ0n) is 14.2. The van der Waals surface area contributed by atoms with Crippen molar-refractivity contribution < 1.29 is 4.79 Å². The standard InChI is InChI=1S/C20H27NO/c1-6-12-18(13-7-2)19(22)20(8-3,21(4)5)16-17-14-10-9-11-15-17/h6-7,9-15H,1,8,16H2,2-5H3/b13-7-,18-12+.